The molecule has 0 saturated heterocycles. The van der Waals surface area contributed by atoms with Crippen LogP contribution in [0.3, 0.4) is 0 Å². The van der Waals surface area contributed by atoms with Gasteiger partial charge in [-0.05, 0) is 34.9 Å². The minimum atomic E-state index is -0.299. The van der Waals surface area contributed by atoms with Gasteiger partial charge in [0.1, 0.15) is 11.6 Å². The predicted octanol–water partition coefficient (Wildman–Crippen LogP) is 2.81. The zero-order chi connectivity index (χ0) is 12.5. The number of hydrogen-bond acceptors (Lipinski definition) is 2. The van der Waals surface area contributed by atoms with Crippen LogP contribution >= 0.6 is 0 Å². The van der Waals surface area contributed by atoms with E-state index >= 15 is 0 Å². The van der Waals surface area contributed by atoms with Crippen molar-refractivity contribution in [2.75, 3.05) is 6.61 Å². The minimum absolute atomic E-state index is 0.257. The third-order valence-electron chi connectivity index (χ3n) is 3.28. The van der Waals surface area contributed by atoms with Crippen LogP contribution in [0, 0.1) is 5.82 Å². The van der Waals surface area contributed by atoms with E-state index in [1.807, 2.05) is 18.2 Å². The Kier molecular flexibility index (Phi) is 2.76. The van der Waals surface area contributed by atoms with Gasteiger partial charge in [0, 0.05) is 6.42 Å². The number of fused-ring (bicyclic) bond motifs is 1. The molecule has 1 aliphatic rings. The van der Waals surface area contributed by atoms with Crippen molar-refractivity contribution in [2.24, 2.45) is 5.73 Å². The number of hydrogen-bond donors (Lipinski definition) is 1. The van der Waals surface area contributed by atoms with Gasteiger partial charge in [0.2, 0.25) is 0 Å². The molecule has 2 aromatic rings. The molecule has 1 unspecified atom stereocenters. The van der Waals surface area contributed by atoms with Gasteiger partial charge in [-0.2, -0.15) is 0 Å². The lowest BCUT2D eigenvalue weighted by molar-refractivity contribution is 0.357. The maximum atomic E-state index is 13.2. The molecule has 1 aliphatic heterocycles. The minimum Gasteiger partial charge on any atom is -0.493 e. The molecule has 3 heteroatoms. The van der Waals surface area contributed by atoms with Crippen molar-refractivity contribution in [3.05, 3.63) is 65.0 Å². The fourth-order valence-corrected chi connectivity index (χ4v) is 2.29. The fraction of sp³-hybridized carbons (Fsp3) is 0.200. The van der Waals surface area contributed by atoms with Crippen molar-refractivity contribution in [2.45, 2.75) is 12.5 Å². The Bertz CT molecular complexity index is 582. The molecule has 2 N–H and O–H groups in total. The molecule has 0 amide bonds. The van der Waals surface area contributed by atoms with Gasteiger partial charge in [-0.1, -0.05) is 24.3 Å². The van der Waals surface area contributed by atoms with Gasteiger partial charge in [0.15, 0.2) is 0 Å². The van der Waals surface area contributed by atoms with E-state index in [-0.39, 0.29) is 11.9 Å². The van der Waals surface area contributed by atoms with Gasteiger partial charge >= 0.3 is 0 Å². The van der Waals surface area contributed by atoms with Crippen molar-refractivity contribution >= 4 is 0 Å². The van der Waals surface area contributed by atoms with Crippen LogP contribution in [-0.4, -0.2) is 6.61 Å². The van der Waals surface area contributed by atoms with Crippen LogP contribution in [0.15, 0.2) is 42.5 Å². The lowest BCUT2D eigenvalue weighted by atomic mass is 9.97. The summed E-state index contributed by atoms with van der Waals surface area (Å²) in [5.74, 6) is 0.678. The van der Waals surface area contributed by atoms with Gasteiger partial charge in [0.05, 0.1) is 12.6 Å². The average Bonchev–Trinajstić information content (AvgIpc) is 2.85. The predicted molar refractivity (Wildman–Crippen MR) is 68.1 cm³/mol. The Hall–Kier alpha value is -1.87. The normalized spacial score (nSPS) is 15.0. The van der Waals surface area contributed by atoms with E-state index in [1.54, 1.807) is 6.07 Å². The molecule has 0 bridgehead atoms. The first-order valence-electron chi connectivity index (χ1n) is 6.01. The summed E-state index contributed by atoms with van der Waals surface area (Å²) >= 11 is 0. The van der Waals surface area contributed by atoms with E-state index in [2.05, 4.69) is 6.07 Å². The lowest BCUT2D eigenvalue weighted by Crippen LogP contribution is -2.12. The first kappa shape index (κ1) is 11.2. The first-order chi connectivity index (χ1) is 8.74. The van der Waals surface area contributed by atoms with Crippen LogP contribution in [0.1, 0.15) is 22.7 Å². The smallest absolute Gasteiger partial charge is 0.123 e. The Morgan fingerprint density at radius 2 is 1.94 bits per heavy atom. The highest BCUT2D eigenvalue weighted by Gasteiger charge is 2.15. The summed E-state index contributed by atoms with van der Waals surface area (Å²) in [6, 6.07) is 12.1. The summed E-state index contributed by atoms with van der Waals surface area (Å²) in [5, 5.41) is 0. The van der Waals surface area contributed by atoms with Crippen LogP contribution in [0.4, 0.5) is 4.39 Å². The standard InChI is InChI=1S/C15H14FNO/c16-13-3-1-2-11(9-13)15(17)12-4-5-14-10(8-12)6-7-18-14/h1-5,8-9,15H,6-7,17H2. The second kappa shape index (κ2) is 4.42. The van der Waals surface area contributed by atoms with E-state index in [1.165, 1.54) is 17.7 Å². The molecule has 2 nitrogen and oxygen atoms in total. The second-order valence-electron chi connectivity index (χ2n) is 4.50. The highest BCUT2D eigenvalue weighted by atomic mass is 19.1. The summed E-state index contributed by atoms with van der Waals surface area (Å²) in [4.78, 5) is 0. The SMILES string of the molecule is NC(c1cccc(F)c1)c1ccc2c(c1)CCO2. The van der Waals surface area contributed by atoms with Gasteiger partial charge in [-0.25, -0.2) is 4.39 Å². The molecule has 0 aromatic heterocycles. The molecule has 2 aromatic carbocycles. The van der Waals surface area contributed by atoms with Crippen LogP contribution in [0.2, 0.25) is 0 Å². The molecule has 0 radical (unpaired) electrons. The lowest BCUT2D eigenvalue weighted by Gasteiger charge is -2.13. The van der Waals surface area contributed by atoms with Crippen molar-refractivity contribution in [3.8, 4) is 5.75 Å². The first-order valence-corrected chi connectivity index (χ1v) is 6.01. The van der Waals surface area contributed by atoms with Crippen LogP contribution in [0.5, 0.6) is 5.75 Å². The van der Waals surface area contributed by atoms with E-state index in [4.69, 9.17) is 10.5 Å². The number of benzene rings is 2. The average molecular weight is 243 g/mol. The maximum absolute atomic E-state index is 13.2. The van der Waals surface area contributed by atoms with E-state index in [0.29, 0.717) is 0 Å². The van der Waals surface area contributed by atoms with Crippen LogP contribution in [0.25, 0.3) is 0 Å². The number of halogens is 1. The zero-order valence-electron chi connectivity index (χ0n) is 9.90. The fourth-order valence-electron chi connectivity index (χ4n) is 2.29. The number of rotatable bonds is 2. The summed E-state index contributed by atoms with van der Waals surface area (Å²) < 4.78 is 18.6. The van der Waals surface area contributed by atoms with Crippen molar-refractivity contribution in [1.29, 1.82) is 0 Å². The summed E-state index contributed by atoms with van der Waals surface area (Å²) in [5.41, 5.74) is 9.13. The Morgan fingerprint density at radius 3 is 2.78 bits per heavy atom. The van der Waals surface area contributed by atoms with Crippen molar-refractivity contribution < 1.29 is 9.13 Å². The molecule has 3 rings (SSSR count). The Labute approximate surface area is 105 Å². The third kappa shape index (κ3) is 1.97. The summed E-state index contributed by atoms with van der Waals surface area (Å²) in [6.07, 6.45) is 0.916. The molecule has 0 aliphatic carbocycles. The van der Waals surface area contributed by atoms with Crippen LogP contribution < -0.4 is 10.5 Å². The van der Waals surface area contributed by atoms with Gasteiger partial charge < -0.3 is 10.5 Å². The molecule has 1 atom stereocenters. The largest absolute Gasteiger partial charge is 0.493 e. The molecular formula is C15H14FNO. The maximum Gasteiger partial charge on any atom is 0.123 e. The van der Waals surface area contributed by atoms with Gasteiger partial charge in [-0.3, -0.25) is 0 Å². The molecule has 1 heterocycles. The van der Waals surface area contributed by atoms with Gasteiger partial charge in [0.25, 0.3) is 0 Å². The topological polar surface area (TPSA) is 35.2 Å². The second-order valence-corrected chi connectivity index (χ2v) is 4.50. The third-order valence-corrected chi connectivity index (χ3v) is 3.28. The van der Waals surface area contributed by atoms with Crippen molar-refractivity contribution in [3.63, 3.8) is 0 Å². The molecular weight excluding hydrogens is 229 g/mol. The van der Waals surface area contributed by atoms with Gasteiger partial charge in [-0.15, -0.1) is 0 Å². The quantitative estimate of drug-likeness (QED) is 0.880. The number of ether oxygens (including phenoxy) is 1. The Balaban J connectivity index is 1.95. The monoisotopic (exact) mass is 243 g/mol. The summed E-state index contributed by atoms with van der Waals surface area (Å²) in [7, 11) is 0. The van der Waals surface area contributed by atoms with E-state index in [9.17, 15) is 4.39 Å². The highest BCUT2D eigenvalue weighted by molar-refractivity contribution is 5.43. The number of nitrogens with two attached hydrogens (primary N) is 1. The zero-order valence-corrected chi connectivity index (χ0v) is 9.90. The summed E-state index contributed by atoms with van der Waals surface area (Å²) in [6.45, 7) is 0.730. The Morgan fingerprint density at radius 1 is 1.11 bits per heavy atom. The molecule has 0 fully saturated rings. The van der Waals surface area contributed by atoms with Crippen LogP contribution in [-0.2, 0) is 6.42 Å². The molecule has 92 valence electrons. The van der Waals surface area contributed by atoms with E-state index < -0.39 is 0 Å². The molecule has 0 spiro atoms. The van der Waals surface area contributed by atoms with E-state index in [0.717, 1.165) is 29.9 Å². The highest BCUT2D eigenvalue weighted by Crippen LogP contribution is 2.29. The molecule has 0 saturated carbocycles. The van der Waals surface area contributed by atoms with Crippen molar-refractivity contribution in [1.82, 2.24) is 0 Å². The molecule has 18 heavy (non-hydrogen) atoms.